The minimum Gasteiger partial charge on any atom is -0.394 e. The monoisotopic (exact) mass is 257 g/mol. The summed E-state index contributed by atoms with van der Waals surface area (Å²) in [5.41, 5.74) is -0.254. The molecule has 2 N–H and O–H groups in total. The fourth-order valence-electron chi connectivity index (χ4n) is 1.54. The Balaban J connectivity index is 2.70. The van der Waals surface area contributed by atoms with Crippen molar-refractivity contribution >= 4 is 5.91 Å². The van der Waals surface area contributed by atoms with Gasteiger partial charge in [-0.3, -0.25) is 4.79 Å². The quantitative estimate of drug-likeness (QED) is 0.842. The van der Waals surface area contributed by atoms with Gasteiger partial charge in [-0.2, -0.15) is 0 Å². The van der Waals surface area contributed by atoms with E-state index in [0.717, 1.165) is 12.1 Å². The minimum absolute atomic E-state index is 0.0458. The summed E-state index contributed by atoms with van der Waals surface area (Å²) in [5.74, 6) is -1.94. The van der Waals surface area contributed by atoms with Crippen LogP contribution in [0, 0.1) is 17.6 Å². The number of aliphatic hydroxyl groups is 1. The smallest absolute Gasteiger partial charge is 0.224 e. The molecule has 0 bridgehead atoms. The Morgan fingerprint density at radius 3 is 2.33 bits per heavy atom. The molecule has 0 saturated heterocycles. The van der Waals surface area contributed by atoms with Crippen LogP contribution in [0.2, 0.25) is 0 Å². The second-order valence-corrected chi connectivity index (χ2v) is 4.48. The highest BCUT2D eigenvalue weighted by molar-refractivity contribution is 5.79. The minimum atomic E-state index is -0.741. The van der Waals surface area contributed by atoms with Crippen molar-refractivity contribution in [1.29, 1.82) is 0 Å². The third kappa shape index (κ3) is 3.77. The van der Waals surface area contributed by atoms with E-state index in [1.165, 1.54) is 6.07 Å². The topological polar surface area (TPSA) is 49.3 Å². The Hall–Kier alpha value is -1.49. The van der Waals surface area contributed by atoms with Gasteiger partial charge in [0.05, 0.1) is 19.1 Å². The van der Waals surface area contributed by atoms with E-state index in [9.17, 15) is 13.6 Å². The normalized spacial score (nSPS) is 12.6. The zero-order valence-electron chi connectivity index (χ0n) is 10.4. The maximum atomic E-state index is 13.3. The van der Waals surface area contributed by atoms with Crippen molar-refractivity contribution in [2.45, 2.75) is 26.3 Å². The SMILES string of the molecule is CC(C)[C@@H](CO)NC(=O)Cc1c(F)cccc1F. The van der Waals surface area contributed by atoms with Crippen LogP contribution >= 0.6 is 0 Å². The number of nitrogens with one attached hydrogen (secondary N) is 1. The molecule has 0 radical (unpaired) electrons. The number of halogens is 2. The summed E-state index contributed by atoms with van der Waals surface area (Å²) < 4.78 is 26.6. The van der Waals surface area contributed by atoms with E-state index in [2.05, 4.69) is 5.32 Å². The van der Waals surface area contributed by atoms with Crippen molar-refractivity contribution in [1.82, 2.24) is 5.32 Å². The second kappa shape index (κ2) is 6.44. The molecule has 0 aliphatic heterocycles. The van der Waals surface area contributed by atoms with Gasteiger partial charge in [0.25, 0.3) is 0 Å². The lowest BCUT2D eigenvalue weighted by molar-refractivity contribution is -0.121. The summed E-state index contributed by atoms with van der Waals surface area (Å²) >= 11 is 0. The Kier molecular flexibility index (Phi) is 5.22. The summed E-state index contributed by atoms with van der Waals surface area (Å²) in [5, 5.41) is 11.6. The van der Waals surface area contributed by atoms with Crippen molar-refractivity contribution in [2.75, 3.05) is 6.61 Å². The maximum absolute atomic E-state index is 13.3. The van der Waals surface area contributed by atoms with Crippen molar-refractivity contribution in [3.8, 4) is 0 Å². The van der Waals surface area contributed by atoms with Crippen LogP contribution in [-0.2, 0) is 11.2 Å². The number of carbonyl (C=O) groups excluding carboxylic acids is 1. The van der Waals surface area contributed by atoms with Gasteiger partial charge in [-0.25, -0.2) is 8.78 Å². The van der Waals surface area contributed by atoms with E-state index < -0.39 is 23.6 Å². The average Bonchev–Trinajstić information content (AvgIpc) is 2.30. The third-order valence-electron chi connectivity index (χ3n) is 2.75. The van der Waals surface area contributed by atoms with Gasteiger partial charge in [-0.05, 0) is 18.1 Å². The first kappa shape index (κ1) is 14.6. The molecule has 1 aromatic carbocycles. The molecule has 1 atom stereocenters. The number of rotatable bonds is 5. The van der Waals surface area contributed by atoms with Crippen LogP contribution in [0.4, 0.5) is 8.78 Å². The molecule has 3 nitrogen and oxygen atoms in total. The molecule has 0 spiro atoms. The molecule has 1 aromatic rings. The molecule has 0 saturated carbocycles. The summed E-state index contributed by atoms with van der Waals surface area (Å²) in [4.78, 5) is 11.6. The molecule has 0 aliphatic carbocycles. The Labute approximate surface area is 105 Å². The largest absolute Gasteiger partial charge is 0.394 e. The van der Waals surface area contributed by atoms with Gasteiger partial charge in [0.2, 0.25) is 5.91 Å². The van der Waals surface area contributed by atoms with Crippen LogP contribution in [0.25, 0.3) is 0 Å². The number of benzene rings is 1. The van der Waals surface area contributed by atoms with E-state index in [4.69, 9.17) is 5.11 Å². The molecule has 0 unspecified atom stereocenters. The molecule has 100 valence electrons. The van der Waals surface area contributed by atoms with E-state index in [-0.39, 0.29) is 24.5 Å². The zero-order valence-corrected chi connectivity index (χ0v) is 10.4. The van der Waals surface area contributed by atoms with Crippen LogP contribution in [0.15, 0.2) is 18.2 Å². The Morgan fingerprint density at radius 2 is 1.89 bits per heavy atom. The van der Waals surface area contributed by atoms with E-state index in [0.29, 0.717) is 0 Å². The molecular formula is C13H17F2NO2. The van der Waals surface area contributed by atoms with Crippen LogP contribution in [0.5, 0.6) is 0 Å². The molecule has 0 aliphatic rings. The maximum Gasteiger partial charge on any atom is 0.224 e. The van der Waals surface area contributed by atoms with Gasteiger partial charge in [0, 0.05) is 5.56 Å². The second-order valence-electron chi connectivity index (χ2n) is 4.48. The molecule has 1 amide bonds. The number of hydrogen-bond donors (Lipinski definition) is 2. The number of hydrogen-bond acceptors (Lipinski definition) is 2. The number of amides is 1. The first-order valence-electron chi connectivity index (χ1n) is 5.78. The van der Waals surface area contributed by atoms with Gasteiger partial charge < -0.3 is 10.4 Å². The van der Waals surface area contributed by atoms with Gasteiger partial charge >= 0.3 is 0 Å². The molecular weight excluding hydrogens is 240 g/mol. The summed E-state index contributed by atoms with van der Waals surface area (Å²) in [6, 6.07) is 3.05. The van der Waals surface area contributed by atoms with Crippen molar-refractivity contribution in [3.05, 3.63) is 35.4 Å². The molecule has 0 fully saturated rings. The summed E-state index contributed by atoms with van der Waals surface area (Å²) in [6.45, 7) is 3.47. The van der Waals surface area contributed by atoms with Crippen LogP contribution in [0.1, 0.15) is 19.4 Å². The van der Waals surface area contributed by atoms with Gasteiger partial charge in [-0.15, -0.1) is 0 Å². The zero-order chi connectivity index (χ0) is 13.7. The van der Waals surface area contributed by atoms with Crippen molar-refractivity contribution in [2.24, 2.45) is 5.92 Å². The molecule has 5 heteroatoms. The fraction of sp³-hybridized carbons (Fsp3) is 0.462. The summed E-state index contributed by atoms with van der Waals surface area (Å²) in [7, 11) is 0. The first-order chi connectivity index (χ1) is 8.45. The van der Waals surface area contributed by atoms with Crippen molar-refractivity contribution in [3.63, 3.8) is 0 Å². The van der Waals surface area contributed by atoms with Gasteiger partial charge in [0.15, 0.2) is 0 Å². The lowest BCUT2D eigenvalue weighted by Crippen LogP contribution is -2.42. The Morgan fingerprint density at radius 1 is 1.33 bits per heavy atom. The number of aliphatic hydroxyl groups excluding tert-OH is 1. The molecule has 1 rings (SSSR count). The van der Waals surface area contributed by atoms with Gasteiger partial charge in [-0.1, -0.05) is 19.9 Å². The predicted molar refractivity (Wildman–Crippen MR) is 63.9 cm³/mol. The van der Waals surface area contributed by atoms with Crippen LogP contribution < -0.4 is 5.32 Å². The lowest BCUT2D eigenvalue weighted by Gasteiger charge is -2.20. The van der Waals surface area contributed by atoms with E-state index in [1.54, 1.807) is 0 Å². The third-order valence-corrected chi connectivity index (χ3v) is 2.75. The average molecular weight is 257 g/mol. The summed E-state index contributed by atoms with van der Waals surface area (Å²) in [6.07, 6.45) is -0.373. The highest BCUT2D eigenvalue weighted by Gasteiger charge is 2.18. The van der Waals surface area contributed by atoms with E-state index in [1.807, 2.05) is 13.8 Å². The highest BCUT2D eigenvalue weighted by Crippen LogP contribution is 2.13. The van der Waals surface area contributed by atoms with E-state index >= 15 is 0 Å². The predicted octanol–water partition coefficient (Wildman–Crippen LogP) is 1.64. The number of carbonyl (C=O) groups is 1. The highest BCUT2D eigenvalue weighted by atomic mass is 19.1. The lowest BCUT2D eigenvalue weighted by atomic mass is 10.0. The fourth-order valence-corrected chi connectivity index (χ4v) is 1.54. The van der Waals surface area contributed by atoms with Crippen molar-refractivity contribution < 1.29 is 18.7 Å². The molecule has 0 heterocycles. The Bertz CT molecular complexity index is 401. The first-order valence-corrected chi connectivity index (χ1v) is 5.78. The molecule has 0 aromatic heterocycles. The van der Waals surface area contributed by atoms with Crippen LogP contribution in [-0.4, -0.2) is 23.7 Å². The van der Waals surface area contributed by atoms with Gasteiger partial charge in [0.1, 0.15) is 11.6 Å². The van der Waals surface area contributed by atoms with Crippen LogP contribution in [0.3, 0.4) is 0 Å². The standard InChI is InChI=1S/C13H17F2NO2/c1-8(2)12(7-17)16-13(18)6-9-10(14)4-3-5-11(9)15/h3-5,8,12,17H,6-7H2,1-2H3,(H,16,18)/t12-/m1/s1. The molecule has 18 heavy (non-hydrogen) atoms.